The number of aromatic nitrogens is 3. The lowest BCUT2D eigenvalue weighted by Crippen LogP contribution is -2.16. The Morgan fingerprint density at radius 2 is 2.04 bits per heavy atom. The maximum absolute atomic E-state index is 12.4. The van der Waals surface area contributed by atoms with Gasteiger partial charge in [-0.15, -0.1) is 21.5 Å². The molecule has 3 rings (SSSR count). The van der Waals surface area contributed by atoms with E-state index in [1.54, 1.807) is 10.9 Å². The van der Waals surface area contributed by atoms with Gasteiger partial charge in [0.15, 0.2) is 5.16 Å². The summed E-state index contributed by atoms with van der Waals surface area (Å²) in [5.41, 5.74) is 2.06. The lowest BCUT2D eigenvalue weighted by atomic mass is 10.0. The minimum atomic E-state index is -0.477. The van der Waals surface area contributed by atoms with Crippen LogP contribution in [0.3, 0.4) is 0 Å². The molecule has 1 amide bonds. The highest BCUT2D eigenvalue weighted by atomic mass is 32.2. The third-order valence-corrected chi connectivity index (χ3v) is 5.85. The highest BCUT2D eigenvalue weighted by Crippen LogP contribution is 2.40. The zero-order chi connectivity index (χ0) is 19.4. The molecule has 3 aromatic rings. The number of rotatable bonds is 6. The minimum absolute atomic E-state index is 0.158. The van der Waals surface area contributed by atoms with Crippen LogP contribution < -0.4 is 5.32 Å². The summed E-state index contributed by atoms with van der Waals surface area (Å²) in [4.78, 5) is 25.8. The first-order valence-electron chi connectivity index (χ1n) is 8.05. The van der Waals surface area contributed by atoms with E-state index in [-0.39, 0.29) is 11.7 Å². The van der Waals surface area contributed by atoms with Gasteiger partial charge in [0.25, 0.3) is 0 Å². The van der Waals surface area contributed by atoms with Gasteiger partial charge >= 0.3 is 5.97 Å². The van der Waals surface area contributed by atoms with Gasteiger partial charge in [-0.05, 0) is 12.5 Å². The van der Waals surface area contributed by atoms with Gasteiger partial charge in [-0.3, -0.25) is 4.79 Å². The van der Waals surface area contributed by atoms with E-state index in [0.717, 1.165) is 16.0 Å². The number of amides is 1. The highest BCUT2D eigenvalue weighted by Gasteiger charge is 2.25. The molecule has 1 aromatic carbocycles. The van der Waals surface area contributed by atoms with Crippen molar-refractivity contribution in [2.45, 2.75) is 12.1 Å². The molecule has 0 unspecified atom stereocenters. The van der Waals surface area contributed by atoms with Gasteiger partial charge in [-0.1, -0.05) is 42.1 Å². The first-order valence-corrected chi connectivity index (χ1v) is 9.85. The van der Waals surface area contributed by atoms with Gasteiger partial charge in [-0.25, -0.2) is 4.79 Å². The number of carbonyl (C=O) groups is 2. The summed E-state index contributed by atoms with van der Waals surface area (Å²) in [6.07, 6.45) is 1.57. The van der Waals surface area contributed by atoms with Crippen molar-refractivity contribution in [2.24, 2.45) is 7.05 Å². The van der Waals surface area contributed by atoms with Crippen molar-refractivity contribution >= 4 is 40.0 Å². The number of hydrogen-bond donors (Lipinski definition) is 1. The second kappa shape index (κ2) is 8.36. The van der Waals surface area contributed by atoms with Crippen LogP contribution in [0.1, 0.15) is 15.2 Å². The van der Waals surface area contributed by atoms with E-state index in [1.807, 2.05) is 44.3 Å². The standard InChI is InChI=1S/C18H18N4O3S2/c1-11-14(12-7-5-4-6-8-12)15(17(24)25-3)16(27-11)20-13(23)9-26-18-21-19-10-22(18)2/h4-8,10H,9H2,1-3H3,(H,20,23). The fourth-order valence-electron chi connectivity index (χ4n) is 2.58. The van der Waals surface area contributed by atoms with E-state index in [4.69, 9.17) is 4.74 Å². The molecule has 0 spiro atoms. The van der Waals surface area contributed by atoms with Crippen LogP contribution in [0.25, 0.3) is 11.1 Å². The number of nitrogens with zero attached hydrogens (tertiary/aromatic N) is 3. The van der Waals surface area contributed by atoms with E-state index >= 15 is 0 Å². The number of ether oxygens (including phenoxy) is 1. The number of aryl methyl sites for hydroxylation is 2. The third-order valence-electron chi connectivity index (χ3n) is 3.79. The first-order chi connectivity index (χ1) is 13.0. The Morgan fingerprint density at radius 1 is 1.30 bits per heavy atom. The van der Waals surface area contributed by atoms with Gasteiger partial charge in [0, 0.05) is 17.5 Å². The molecule has 9 heteroatoms. The molecule has 0 radical (unpaired) electrons. The summed E-state index contributed by atoms with van der Waals surface area (Å²) in [5.74, 6) is -0.548. The zero-order valence-electron chi connectivity index (χ0n) is 15.1. The molecular weight excluding hydrogens is 384 g/mol. The van der Waals surface area contributed by atoms with Gasteiger partial charge in [0.1, 0.15) is 16.9 Å². The molecule has 0 aliphatic heterocycles. The number of carbonyl (C=O) groups excluding carboxylic acids is 2. The number of nitrogens with one attached hydrogen (secondary N) is 1. The molecule has 1 N–H and O–H groups in total. The predicted octanol–water partition coefficient (Wildman–Crippen LogP) is 3.37. The largest absolute Gasteiger partial charge is 0.465 e. The normalized spacial score (nSPS) is 10.6. The van der Waals surface area contributed by atoms with E-state index in [9.17, 15) is 9.59 Å². The Bertz CT molecular complexity index is 966. The lowest BCUT2D eigenvalue weighted by Gasteiger charge is -2.08. The van der Waals surface area contributed by atoms with E-state index in [1.165, 1.54) is 30.2 Å². The Balaban J connectivity index is 1.85. The van der Waals surface area contributed by atoms with E-state index < -0.39 is 5.97 Å². The first kappa shape index (κ1) is 19.1. The molecular formula is C18H18N4O3S2. The van der Waals surface area contributed by atoms with Crippen LogP contribution >= 0.6 is 23.1 Å². The van der Waals surface area contributed by atoms with Gasteiger partial charge in [0.2, 0.25) is 5.91 Å². The van der Waals surface area contributed by atoms with Crippen LogP contribution in [0.4, 0.5) is 5.00 Å². The second-order valence-electron chi connectivity index (χ2n) is 5.66. The Kier molecular flexibility index (Phi) is 5.92. The second-order valence-corrected chi connectivity index (χ2v) is 7.82. The zero-order valence-corrected chi connectivity index (χ0v) is 16.7. The van der Waals surface area contributed by atoms with Gasteiger partial charge in [-0.2, -0.15) is 0 Å². The van der Waals surface area contributed by atoms with Crippen molar-refractivity contribution in [1.82, 2.24) is 14.8 Å². The van der Waals surface area contributed by atoms with Crippen molar-refractivity contribution in [1.29, 1.82) is 0 Å². The summed E-state index contributed by atoms with van der Waals surface area (Å²) in [7, 11) is 3.14. The topological polar surface area (TPSA) is 86.1 Å². The summed E-state index contributed by atoms with van der Waals surface area (Å²) in [6, 6.07) is 9.58. The van der Waals surface area contributed by atoms with Crippen LogP contribution in [0.5, 0.6) is 0 Å². The predicted molar refractivity (Wildman–Crippen MR) is 106 cm³/mol. The van der Waals surface area contributed by atoms with Gasteiger partial charge in [0.05, 0.1) is 12.9 Å². The lowest BCUT2D eigenvalue weighted by molar-refractivity contribution is -0.113. The highest BCUT2D eigenvalue weighted by molar-refractivity contribution is 7.99. The van der Waals surface area contributed by atoms with E-state index in [2.05, 4.69) is 15.5 Å². The van der Waals surface area contributed by atoms with Crippen LogP contribution in [0.2, 0.25) is 0 Å². The molecule has 0 aliphatic rings. The molecule has 0 saturated carbocycles. The van der Waals surface area contributed by atoms with Crippen molar-refractivity contribution < 1.29 is 14.3 Å². The van der Waals surface area contributed by atoms with Crippen molar-refractivity contribution in [3.63, 3.8) is 0 Å². The van der Waals surface area contributed by atoms with Gasteiger partial charge < -0.3 is 14.6 Å². The van der Waals surface area contributed by atoms with Crippen molar-refractivity contribution in [3.05, 3.63) is 47.1 Å². The van der Waals surface area contributed by atoms with Crippen molar-refractivity contribution in [2.75, 3.05) is 18.2 Å². The summed E-state index contributed by atoms with van der Waals surface area (Å²) < 4.78 is 6.69. The molecule has 0 atom stereocenters. The number of benzene rings is 1. The smallest absolute Gasteiger partial charge is 0.341 e. The molecule has 140 valence electrons. The number of thioether (sulfide) groups is 1. The molecule has 0 saturated heterocycles. The van der Waals surface area contributed by atoms with E-state index in [0.29, 0.717) is 15.7 Å². The quantitative estimate of drug-likeness (QED) is 0.503. The average Bonchev–Trinajstić information content (AvgIpc) is 3.22. The Morgan fingerprint density at radius 3 is 2.67 bits per heavy atom. The summed E-state index contributed by atoms with van der Waals surface area (Å²) in [6.45, 7) is 1.92. The molecule has 7 nitrogen and oxygen atoms in total. The van der Waals surface area contributed by atoms with Crippen LogP contribution in [0.15, 0.2) is 41.8 Å². The number of esters is 1. The Labute approximate surface area is 164 Å². The number of thiophene rings is 1. The SMILES string of the molecule is COC(=O)c1c(NC(=O)CSc2nncn2C)sc(C)c1-c1ccccc1. The number of hydrogen-bond acceptors (Lipinski definition) is 7. The maximum Gasteiger partial charge on any atom is 0.341 e. The van der Waals surface area contributed by atoms with Crippen LogP contribution in [-0.2, 0) is 16.6 Å². The molecule has 2 heterocycles. The molecule has 27 heavy (non-hydrogen) atoms. The monoisotopic (exact) mass is 402 g/mol. The fourth-order valence-corrected chi connectivity index (χ4v) is 4.35. The summed E-state index contributed by atoms with van der Waals surface area (Å²) in [5, 5.41) is 11.7. The molecule has 0 fully saturated rings. The number of anilines is 1. The van der Waals surface area contributed by atoms with Crippen LogP contribution in [-0.4, -0.2) is 39.5 Å². The fraction of sp³-hybridized carbons (Fsp3) is 0.222. The maximum atomic E-state index is 12.4. The Hall–Kier alpha value is -2.65. The summed E-state index contributed by atoms with van der Waals surface area (Å²) >= 11 is 2.63. The van der Waals surface area contributed by atoms with Crippen molar-refractivity contribution in [3.8, 4) is 11.1 Å². The molecule has 0 bridgehead atoms. The van der Waals surface area contributed by atoms with Crippen LogP contribution in [0, 0.1) is 6.92 Å². The molecule has 2 aromatic heterocycles. The number of methoxy groups -OCH3 is 1. The minimum Gasteiger partial charge on any atom is -0.465 e. The molecule has 0 aliphatic carbocycles. The average molecular weight is 403 g/mol. The third kappa shape index (κ3) is 4.20.